The molecule has 0 rings (SSSR count). The van der Waals surface area contributed by atoms with Crippen molar-refractivity contribution in [2.24, 2.45) is 5.92 Å². The van der Waals surface area contributed by atoms with E-state index in [-0.39, 0.29) is 6.61 Å². The van der Waals surface area contributed by atoms with Crippen LogP contribution in [-0.2, 0) is 4.52 Å². The normalized spacial score (nSPS) is 17.4. The summed E-state index contributed by atoms with van der Waals surface area (Å²) in [6, 6.07) is 0. The molecule has 0 aliphatic heterocycles. The van der Waals surface area contributed by atoms with Crippen LogP contribution in [0.15, 0.2) is 0 Å². The molecule has 0 aromatic rings. The zero-order valence-electron chi connectivity index (χ0n) is 9.31. The monoisotopic (exact) mass is 226 g/mol. The van der Waals surface area contributed by atoms with Crippen LogP contribution in [0.4, 0.5) is 0 Å². The Hall–Kier alpha value is 0.270. The molecule has 0 spiro atoms. The zero-order chi connectivity index (χ0) is 11.3. The molecule has 0 aromatic carbocycles. The molecular formula is C9H23O4P. The van der Waals surface area contributed by atoms with E-state index < -0.39 is 7.51 Å². The van der Waals surface area contributed by atoms with E-state index in [0.717, 1.165) is 32.3 Å². The first-order valence-corrected chi connectivity index (χ1v) is 7.62. The van der Waals surface area contributed by atoms with E-state index >= 15 is 0 Å². The molecule has 0 saturated carbocycles. The van der Waals surface area contributed by atoms with Gasteiger partial charge < -0.3 is 0 Å². The van der Waals surface area contributed by atoms with Gasteiger partial charge in [0, 0.05) is 0 Å². The van der Waals surface area contributed by atoms with Crippen LogP contribution in [0.5, 0.6) is 0 Å². The minimum absolute atomic E-state index is 0.217. The van der Waals surface area contributed by atoms with Crippen molar-refractivity contribution in [1.29, 1.82) is 0 Å². The van der Waals surface area contributed by atoms with Crippen LogP contribution in [0, 0.1) is 5.92 Å². The van der Waals surface area contributed by atoms with E-state index in [4.69, 9.17) is 19.2 Å². The second kappa shape index (κ2) is 5.38. The molecule has 0 bridgehead atoms. The third kappa shape index (κ3) is 8.85. The van der Waals surface area contributed by atoms with Crippen molar-refractivity contribution in [2.75, 3.05) is 13.3 Å². The van der Waals surface area contributed by atoms with E-state index in [2.05, 4.69) is 6.92 Å². The molecule has 14 heavy (non-hydrogen) atoms. The summed E-state index contributed by atoms with van der Waals surface area (Å²) in [4.78, 5) is 27.2. The molecule has 0 heterocycles. The van der Waals surface area contributed by atoms with Gasteiger partial charge in [0.2, 0.25) is 0 Å². The molecule has 0 aliphatic carbocycles. The molecule has 0 amide bonds. The summed E-state index contributed by atoms with van der Waals surface area (Å²) in [6.07, 6.45) is 4.14. The van der Waals surface area contributed by atoms with Crippen molar-refractivity contribution < 1.29 is 19.2 Å². The van der Waals surface area contributed by atoms with Crippen LogP contribution in [0.3, 0.4) is 0 Å². The Labute approximate surface area is 86.2 Å². The van der Waals surface area contributed by atoms with Gasteiger partial charge in [0.15, 0.2) is 0 Å². The third-order valence-corrected chi connectivity index (χ3v) is 2.91. The molecule has 0 radical (unpaired) electrons. The molecule has 0 saturated heterocycles. The first-order valence-electron chi connectivity index (χ1n) is 5.16. The quantitative estimate of drug-likeness (QED) is 0.581. The molecule has 1 unspecified atom stereocenters. The van der Waals surface area contributed by atoms with Crippen molar-refractivity contribution in [1.82, 2.24) is 0 Å². The second-order valence-corrected chi connectivity index (χ2v) is 6.86. The predicted molar refractivity (Wildman–Crippen MR) is 58.8 cm³/mol. The van der Waals surface area contributed by atoms with Crippen molar-refractivity contribution in [3.8, 4) is 0 Å². The van der Waals surface area contributed by atoms with Gasteiger partial charge in [-0.2, -0.15) is 0 Å². The zero-order valence-corrected chi connectivity index (χ0v) is 10.2. The van der Waals surface area contributed by atoms with E-state index in [0.29, 0.717) is 5.92 Å². The topological polar surface area (TPSA) is 69.9 Å². The maximum atomic E-state index is 9.07. The van der Waals surface area contributed by atoms with Gasteiger partial charge in [0.1, 0.15) is 0 Å². The van der Waals surface area contributed by atoms with Gasteiger partial charge in [0.25, 0.3) is 0 Å². The van der Waals surface area contributed by atoms with Gasteiger partial charge in [-0.1, -0.05) is 0 Å². The Kier molecular flexibility index (Phi) is 5.48. The predicted octanol–water partition coefficient (Wildman–Crippen LogP) is 2.04. The molecule has 3 N–H and O–H groups in total. The molecule has 0 aromatic heterocycles. The standard InChI is InChI=1S/C9H23O4P/c1-4-6-7-9(5-2)8-13-14(3,10,11)12/h9-12H,4-8H2,1-3H3. The number of hydrogen-bond acceptors (Lipinski definition) is 4. The van der Waals surface area contributed by atoms with Crippen LogP contribution >= 0.6 is 7.51 Å². The Morgan fingerprint density at radius 2 is 1.79 bits per heavy atom. The Balaban J connectivity index is 3.84. The fourth-order valence-corrected chi connectivity index (χ4v) is 1.74. The van der Waals surface area contributed by atoms with E-state index in [1.807, 2.05) is 6.92 Å². The minimum atomic E-state index is -4.73. The van der Waals surface area contributed by atoms with Crippen molar-refractivity contribution in [2.45, 2.75) is 39.5 Å². The van der Waals surface area contributed by atoms with Crippen LogP contribution in [0.1, 0.15) is 39.5 Å². The van der Waals surface area contributed by atoms with Crippen molar-refractivity contribution in [3.05, 3.63) is 0 Å². The number of hydrogen-bond donors (Lipinski definition) is 3. The van der Waals surface area contributed by atoms with E-state index in [9.17, 15) is 0 Å². The van der Waals surface area contributed by atoms with Crippen molar-refractivity contribution >= 4 is 7.51 Å². The average Bonchev–Trinajstić information content (AvgIpc) is 2.02. The SMILES string of the molecule is CCCCC(CC)COP(C)(O)(O)O. The summed E-state index contributed by atoms with van der Waals surface area (Å²) in [5.74, 6) is 0.294. The van der Waals surface area contributed by atoms with Crippen molar-refractivity contribution in [3.63, 3.8) is 0 Å². The second-order valence-electron chi connectivity index (χ2n) is 4.01. The Morgan fingerprint density at radius 3 is 2.14 bits per heavy atom. The first kappa shape index (κ1) is 14.3. The fraction of sp³-hybridized carbons (Fsp3) is 1.00. The Morgan fingerprint density at radius 1 is 1.21 bits per heavy atom. The van der Waals surface area contributed by atoms with E-state index in [1.54, 1.807) is 0 Å². The van der Waals surface area contributed by atoms with Crippen LogP contribution in [-0.4, -0.2) is 28.0 Å². The summed E-state index contributed by atoms with van der Waals surface area (Å²) in [5.41, 5.74) is 0. The fourth-order valence-electron chi connectivity index (χ4n) is 1.18. The average molecular weight is 226 g/mol. The van der Waals surface area contributed by atoms with Gasteiger partial charge in [-0.3, -0.25) is 0 Å². The maximum absolute atomic E-state index is 9.07. The molecule has 1 atom stereocenters. The summed E-state index contributed by atoms with van der Waals surface area (Å²) in [5, 5.41) is 0. The van der Waals surface area contributed by atoms with E-state index in [1.165, 1.54) is 0 Å². The van der Waals surface area contributed by atoms with Gasteiger partial charge in [0.05, 0.1) is 0 Å². The summed E-state index contributed by atoms with van der Waals surface area (Å²) < 4.78 is 4.76. The molecule has 0 fully saturated rings. The molecule has 88 valence electrons. The van der Waals surface area contributed by atoms with Gasteiger partial charge >= 0.3 is 85.4 Å². The van der Waals surface area contributed by atoms with Crippen LogP contribution in [0.25, 0.3) is 0 Å². The Bertz CT molecular complexity index is 155. The van der Waals surface area contributed by atoms with Gasteiger partial charge in [-0.15, -0.1) is 0 Å². The van der Waals surface area contributed by atoms with Crippen LogP contribution in [0.2, 0.25) is 0 Å². The molecule has 0 aliphatic rings. The molecule has 5 heteroatoms. The third-order valence-electron chi connectivity index (χ3n) is 2.16. The van der Waals surface area contributed by atoms with Crippen LogP contribution < -0.4 is 0 Å². The first-order chi connectivity index (χ1) is 6.24. The summed E-state index contributed by atoms with van der Waals surface area (Å²) >= 11 is 0. The summed E-state index contributed by atoms with van der Waals surface area (Å²) in [6.45, 7) is 5.30. The number of unbranched alkanes of at least 4 members (excludes halogenated alkanes) is 1. The molecule has 4 nitrogen and oxygen atoms in total. The number of rotatable bonds is 7. The molecular weight excluding hydrogens is 203 g/mol. The van der Waals surface area contributed by atoms with Gasteiger partial charge in [-0.05, 0) is 0 Å². The summed E-state index contributed by atoms with van der Waals surface area (Å²) in [7, 11) is -4.73. The van der Waals surface area contributed by atoms with Gasteiger partial charge in [-0.25, -0.2) is 0 Å².